The van der Waals surface area contributed by atoms with E-state index in [0.29, 0.717) is 5.78 Å². The third-order valence-electron chi connectivity index (χ3n) is 3.65. The highest BCUT2D eigenvalue weighted by Gasteiger charge is 2.11. The average molecular weight is 274 g/mol. The highest BCUT2D eigenvalue weighted by molar-refractivity contribution is 5.80. The van der Waals surface area contributed by atoms with E-state index in [1.807, 2.05) is 47.7 Å². The Kier molecular flexibility index (Phi) is 2.51. The molecular weight excluding hydrogens is 260 g/mol. The van der Waals surface area contributed by atoms with Gasteiger partial charge in [0.25, 0.3) is 0 Å². The molecule has 0 atom stereocenters. The van der Waals surface area contributed by atoms with Crippen molar-refractivity contribution in [1.82, 2.24) is 19.4 Å². The van der Waals surface area contributed by atoms with E-state index in [1.54, 1.807) is 0 Å². The molecule has 0 N–H and O–H groups in total. The van der Waals surface area contributed by atoms with Gasteiger partial charge in [0.15, 0.2) is 5.82 Å². The lowest BCUT2D eigenvalue weighted by atomic mass is 10.1. The maximum absolute atomic E-state index is 4.64. The van der Waals surface area contributed by atoms with Crippen LogP contribution in [-0.4, -0.2) is 19.4 Å². The molecule has 4 aromatic rings. The van der Waals surface area contributed by atoms with Gasteiger partial charge in [-0.3, -0.25) is 4.40 Å². The summed E-state index contributed by atoms with van der Waals surface area (Å²) in [5.41, 5.74) is 4.22. The monoisotopic (exact) mass is 274 g/mol. The van der Waals surface area contributed by atoms with E-state index in [0.717, 1.165) is 28.2 Å². The summed E-state index contributed by atoms with van der Waals surface area (Å²) < 4.78 is 1.99. The van der Waals surface area contributed by atoms with Crippen molar-refractivity contribution in [1.29, 1.82) is 0 Å². The molecule has 0 radical (unpaired) electrons. The molecule has 0 fully saturated rings. The lowest BCUT2D eigenvalue weighted by molar-refractivity contribution is 0.961. The number of benzene rings is 2. The number of nitrogens with zero attached hydrogens (tertiary/aromatic N) is 4. The van der Waals surface area contributed by atoms with E-state index in [9.17, 15) is 0 Å². The van der Waals surface area contributed by atoms with Crippen molar-refractivity contribution in [3.05, 3.63) is 59.9 Å². The van der Waals surface area contributed by atoms with Crippen LogP contribution in [0.5, 0.6) is 0 Å². The molecule has 4 heteroatoms. The van der Waals surface area contributed by atoms with Gasteiger partial charge >= 0.3 is 0 Å². The van der Waals surface area contributed by atoms with Crippen LogP contribution in [0.3, 0.4) is 0 Å². The second-order valence-corrected chi connectivity index (χ2v) is 5.20. The summed E-state index contributed by atoms with van der Waals surface area (Å²) in [5, 5.41) is 0. The number of rotatable bonds is 1. The number of aromatic nitrogens is 4. The van der Waals surface area contributed by atoms with Gasteiger partial charge in [-0.05, 0) is 26.0 Å². The Morgan fingerprint density at radius 1 is 0.810 bits per heavy atom. The summed E-state index contributed by atoms with van der Waals surface area (Å²) in [7, 11) is 0. The minimum Gasteiger partial charge on any atom is -0.264 e. The van der Waals surface area contributed by atoms with E-state index in [4.69, 9.17) is 0 Å². The lowest BCUT2D eigenvalue weighted by Crippen LogP contribution is -2.01. The van der Waals surface area contributed by atoms with Crippen molar-refractivity contribution in [2.24, 2.45) is 0 Å². The molecule has 0 unspecified atom stereocenters. The fraction of sp³-hybridized carbons (Fsp3) is 0.118. The Morgan fingerprint density at radius 3 is 2.38 bits per heavy atom. The molecule has 2 heterocycles. The predicted octanol–water partition coefficient (Wildman–Crippen LogP) is 3.56. The Hall–Kier alpha value is -2.75. The van der Waals surface area contributed by atoms with Gasteiger partial charge in [0, 0.05) is 5.56 Å². The minimum absolute atomic E-state index is 0.694. The Morgan fingerprint density at radius 2 is 1.57 bits per heavy atom. The largest absolute Gasteiger partial charge is 0.264 e. The number of imidazole rings is 1. The molecule has 2 aromatic carbocycles. The number of hydrogen-bond donors (Lipinski definition) is 0. The summed E-state index contributed by atoms with van der Waals surface area (Å²) in [5.74, 6) is 2.30. The first-order valence-corrected chi connectivity index (χ1v) is 6.91. The van der Waals surface area contributed by atoms with Crippen LogP contribution >= 0.6 is 0 Å². The molecular formula is C17H14N4. The highest BCUT2D eigenvalue weighted by atomic mass is 15.2. The average Bonchev–Trinajstić information content (AvgIpc) is 2.86. The summed E-state index contributed by atoms with van der Waals surface area (Å²) in [6.07, 6.45) is 0. The normalized spacial score (nSPS) is 11.3. The number of hydrogen-bond acceptors (Lipinski definition) is 3. The van der Waals surface area contributed by atoms with Crippen molar-refractivity contribution >= 4 is 16.8 Å². The Bertz CT molecular complexity index is 952. The Balaban J connectivity index is 2.00. The van der Waals surface area contributed by atoms with E-state index < -0.39 is 0 Å². The predicted molar refractivity (Wildman–Crippen MR) is 83.2 cm³/mol. The van der Waals surface area contributed by atoms with Gasteiger partial charge in [-0.1, -0.05) is 42.0 Å². The molecule has 0 aliphatic heterocycles. The van der Waals surface area contributed by atoms with E-state index in [1.165, 1.54) is 5.56 Å². The van der Waals surface area contributed by atoms with Crippen LogP contribution in [0.25, 0.3) is 28.2 Å². The molecule has 0 spiro atoms. The third kappa shape index (κ3) is 1.88. The third-order valence-corrected chi connectivity index (χ3v) is 3.65. The van der Waals surface area contributed by atoms with Crippen LogP contribution < -0.4 is 0 Å². The summed E-state index contributed by atoms with van der Waals surface area (Å²) in [4.78, 5) is 13.8. The fourth-order valence-electron chi connectivity index (χ4n) is 2.56. The first-order chi connectivity index (χ1) is 10.2. The summed E-state index contributed by atoms with van der Waals surface area (Å²) >= 11 is 0. The van der Waals surface area contributed by atoms with Crippen LogP contribution in [0.1, 0.15) is 11.4 Å². The molecule has 0 bridgehead atoms. The molecule has 0 amide bonds. The van der Waals surface area contributed by atoms with Crippen LogP contribution in [0.2, 0.25) is 0 Å². The molecule has 102 valence electrons. The number of para-hydroxylation sites is 2. The zero-order chi connectivity index (χ0) is 14.4. The van der Waals surface area contributed by atoms with Gasteiger partial charge in [-0.25, -0.2) is 9.97 Å². The molecule has 21 heavy (non-hydrogen) atoms. The summed E-state index contributed by atoms with van der Waals surface area (Å²) in [6.45, 7) is 4.06. The quantitative estimate of drug-likeness (QED) is 0.533. The highest BCUT2D eigenvalue weighted by Crippen LogP contribution is 2.20. The van der Waals surface area contributed by atoms with Crippen LogP contribution in [0, 0.1) is 13.8 Å². The number of fused-ring (bicyclic) bond motifs is 3. The topological polar surface area (TPSA) is 43.1 Å². The van der Waals surface area contributed by atoms with Gasteiger partial charge in [-0.2, -0.15) is 4.98 Å². The molecule has 0 saturated heterocycles. The van der Waals surface area contributed by atoms with E-state index >= 15 is 0 Å². The van der Waals surface area contributed by atoms with Crippen LogP contribution in [-0.2, 0) is 0 Å². The van der Waals surface area contributed by atoms with Gasteiger partial charge in [0.2, 0.25) is 5.78 Å². The van der Waals surface area contributed by atoms with Gasteiger partial charge in [-0.15, -0.1) is 0 Å². The first-order valence-electron chi connectivity index (χ1n) is 6.91. The van der Waals surface area contributed by atoms with Crippen molar-refractivity contribution in [2.75, 3.05) is 0 Å². The molecule has 2 aromatic heterocycles. The maximum atomic E-state index is 4.64. The standard InChI is InChI=1S/C17H14N4/c1-11-7-9-13(10-8-11)16-18-12(2)21-15-6-4-3-5-14(15)19-17(21)20-16/h3-10H,1-2H3. The second-order valence-electron chi connectivity index (χ2n) is 5.20. The molecule has 4 rings (SSSR count). The van der Waals surface area contributed by atoms with Gasteiger partial charge < -0.3 is 0 Å². The zero-order valence-electron chi connectivity index (χ0n) is 11.9. The molecule has 0 aliphatic carbocycles. The van der Waals surface area contributed by atoms with Crippen LogP contribution in [0.4, 0.5) is 0 Å². The van der Waals surface area contributed by atoms with Crippen molar-refractivity contribution in [2.45, 2.75) is 13.8 Å². The van der Waals surface area contributed by atoms with Crippen LogP contribution in [0.15, 0.2) is 48.5 Å². The van der Waals surface area contributed by atoms with E-state index in [-0.39, 0.29) is 0 Å². The van der Waals surface area contributed by atoms with Crippen molar-refractivity contribution < 1.29 is 0 Å². The number of aryl methyl sites for hydroxylation is 2. The lowest BCUT2D eigenvalue weighted by Gasteiger charge is -2.05. The minimum atomic E-state index is 0.694. The van der Waals surface area contributed by atoms with Gasteiger partial charge in [0.05, 0.1) is 11.0 Å². The molecule has 0 aliphatic rings. The maximum Gasteiger partial charge on any atom is 0.238 e. The fourth-order valence-corrected chi connectivity index (χ4v) is 2.56. The SMILES string of the molecule is Cc1ccc(-c2nc(C)n3c(n2)nc2ccccc23)cc1. The van der Waals surface area contributed by atoms with E-state index in [2.05, 4.69) is 34.0 Å². The first kappa shape index (κ1) is 12.0. The van der Waals surface area contributed by atoms with Crippen molar-refractivity contribution in [3.8, 4) is 11.4 Å². The zero-order valence-corrected chi connectivity index (χ0v) is 11.9. The van der Waals surface area contributed by atoms with Crippen molar-refractivity contribution in [3.63, 3.8) is 0 Å². The molecule has 4 nitrogen and oxygen atoms in total. The van der Waals surface area contributed by atoms with Gasteiger partial charge in [0.1, 0.15) is 5.82 Å². The Labute approximate surface area is 122 Å². The summed E-state index contributed by atoms with van der Waals surface area (Å²) in [6, 6.07) is 16.3. The molecule has 0 saturated carbocycles. The smallest absolute Gasteiger partial charge is 0.238 e. The second kappa shape index (κ2) is 4.38.